The molecule has 1 amide bonds. The molecule has 0 radical (unpaired) electrons. The number of benzene rings is 1. The third kappa shape index (κ3) is 2.14. The van der Waals surface area contributed by atoms with Gasteiger partial charge in [0.15, 0.2) is 0 Å². The summed E-state index contributed by atoms with van der Waals surface area (Å²) in [7, 11) is 0. The molecule has 2 rings (SSSR count). The van der Waals surface area contributed by atoms with Gasteiger partial charge in [0.05, 0.1) is 12.1 Å². The minimum Gasteiger partial charge on any atom is -0.355 e. The summed E-state index contributed by atoms with van der Waals surface area (Å²) < 4.78 is 0. The Bertz CT molecular complexity index is 417. The molecule has 0 saturated carbocycles. The quantitative estimate of drug-likeness (QED) is 0.812. The highest BCUT2D eigenvalue weighted by Gasteiger charge is 2.33. The molecule has 1 heterocycles. The first-order valence-electron chi connectivity index (χ1n) is 5.29. The molecular formula is C12H15ClN2O. The predicted octanol–water partition coefficient (Wildman–Crippen LogP) is 2.05. The number of hydrogen-bond acceptors (Lipinski definition) is 2. The van der Waals surface area contributed by atoms with Gasteiger partial charge in [0.25, 0.3) is 0 Å². The van der Waals surface area contributed by atoms with Gasteiger partial charge in [0.2, 0.25) is 5.91 Å². The van der Waals surface area contributed by atoms with Crippen LogP contribution < -0.4 is 10.2 Å². The molecule has 16 heavy (non-hydrogen) atoms. The van der Waals surface area contributed by atoms with Gasteiger partial charge in [0, 0.05) is 17.3 Å². The van der Waals surface area contributed by atoms with E-state index in [0.29, 0.717) is 18.1 Å². The molecule has 0 aromatic heterocycles. The van der Waals surface area contributed by atoms with Gasteiger partial charge in [-0.05, 0) is 32.0 Å². The molecule has 0 unspecified atom stereocenters. The number of nitrogens with one attached hydrogen (secondary N) is 1. The maximum Gasteiger partial charge on any atom is 0.239 e. The summed E-state index contributed by atoms with van der Waals surface area (Å²) in [4.78, 5) is 13.5. The Balaban J connectivity index is 2.33. The summed E-state index contributed by atoms with van der Waals surface area (Å²) in [5.41, 5.74) is 0.908. The molecule has 1 aliphatic rings. The average molecular weight is 239 g/mol. The van der Waals surface area contributed by atoms with E-state index in [0.717, 1.165) is 5.69 Å². The van der Waals surface area contributed by atoms with Crippen molar-refractivity contribution in [2.24, 2.45) is 0 Å². The van der Waals surface area contributed by atoms with E-state index in [1.54, 1.807) is 0 Å². The van der Waals surface area contributed by atoms with E-state index in [9.17, 15) is 4.79 Å². The SMILES string of the molecule is CC1(C)CNC(=O)CN1c1cccc(Cl)c1. The van der Waals surface area contributed by atoms with Crippen molar-refractivity contribution in [3.8, 4) is 0 Å². The molecule has 0 spiro atoms. The fraction of sp³-hybridized carbons (Fsp3) is 0.417. The fourth-order valence-electron chi connectivity index (χ4n) is 1.91. The molecule has 1 aliphatic heterocycles. The van der Waals surface area contributed by atoms with Crippen LogP contribution in [0.3, 0.4) is 0 Å². The van der Waals surface area contributed by atoms with Crippen LogP contribution in [-0.4, -0.2) is 24.5 Å². The van der Waals surface area contributed by atoms with Gasteiger partial charge >= 0.3 is 0 Å². The van der Waals surface area contributed by atoms with E-state index in [1.807, 2.05) is 24.3 Å². The first kappa shape index (κ1) is 11.3. The molecule has 1 aromatic rings. The zero-order valence-electron chi connectivity index (χ0n) is 9.46. The molecule has 0 atom stereocenters. The lowest BCUT2D eigenvalue weighted by Gasteiger charge is -2.43. The number of nitrogens with zero attached hydrogens (tertiary/aromatic N) is 1. The van der Waals surface area contributed by atoms with Crippen molar-refractivity contribution in [2.45, 2.75) is 19.4 Å². The van der Waals surface area contributed by atoms with E-state index < -0.39 is 0 Å². The van der Waals surface area contributed by atoms with Crippen LogP contribution in [-0.2, 0) is 4.79 Å². The van der Waals surface area contributed by atoms with Crippen LogP contribution in [0.5, 0.6) is 0 Å². The number of carbonyl (C=O) groups excluding carboxylic acids is 1. The molecular weight excluding hydrogens is 224 g/mol. The molecule has 0 aliphatic carbocycles. The average Bonchev–Trinajstić information content (AvgIpc) is 2.22. The maximum atomic E-state index is 11.4. The normalized spacial score (nSPS) is 19.4. The van der Waals surface area contributed by atoms with Gasteiger partial charge in [-0.1, -0.05) is 17.7 Å². The lowest BCUT2D eigenvalue weighted by molar-refractivity contribution is -0.121. The van der Waals surface area contributed by atoms with Crippen LogP contribution in [0.4, 0.5) is 5.69 Å². The zero-order valence-corrected chi connectivity index (χ0v) is 10.2. The monoisotopic (exact) mass is 238 g/mol. The number of hydrogen-bond donors (Lipinski definition) is 1. The molecule has 0 bridgehead atoms. The Kier molecular flexibility index (Phi) is 2.80. The summed E-state index contributed by atoms with van der Waals surface area (Å²) in [5.74, 6) is 0.0549. The minimum atomic E-state index is -0.0847. The van der Waals surface area contributed by atoms with Crippen LogP contribution >= 0.6 is 11.6 Å². The summed E-state index contributed by atoms with van der Waals surface area (Å²) in [6, 6.07) is 7.61. The lowest BCUT2D eigenvalue weighted by atomic mass is 9.99. The van der Waals surface area contributed by atoms with Crippen molar-refractivity contribution in [1.29, 1.82) is 0 Å². The van der Waals surface area contributed by atoms with Crippen molar-refractivity contribution in [1.82, 2.24) is 5.32 Å². The van der Waals surface area contributed by atoms with E-state index >= 15 is 0 Å². The summed E-state index contributed by atoms with van der Waals surface area (Å²) in [6.07, 6.45) is 0. The van der Waals surface area contributed by atoms with Crippen molar-refractivity contribution in [3.63, 3.8) is 0 Å². The van der Waals surface area contributed by atoms with Gasteiger partial charge < -0.3 is 10.2 Å². The number of carbonyl (C=O) groups is 1. The van der Waals surface area contributed by atoms with E-state index in [-0.39, 0.29) is 11.4 Å². The standard InChI is InChI=1S/C12H15ClN2O/c1-12(2)8-14-11(16)7-15(12)10-5-3-4-9(13)6-10/h3-6H,7-8H2,1-2H3,(H,14,16). The van der Waals surface area contributed by atoms with E-state index in [2.05, 4.69) is 24.1 Å². The second-order valence-corrected chi connectivity index (χ2v) is 5.09. The van der Waals surface area contributed by atoms with Gasteiger partial charge in [-0.2, -0.15) is 0 Å². The fourth-order valence-corrected chi connectivity index (χ4v) is 2.09. The first-order valence-corrected chi connectivity index (χ1v) is 5.67. The number of halogens is 1. The second-order valence-electron chi connectivity index (χ2n) is 4.66. The van der Waals surface area contributed by atoms with Crippen LogP contribution in [0.15, 0.2) is 24.3 Å². The smallest absolute Gasteiger partial charge is 0.239 e. The summed E-state index contributed by atoms with van der Waals surface area (Å²) >= 11 is 5.97. The van der Waals surface area contributed by atoms with Crippen LogP contribution in [0.1, 0.15) is 13.8 Å². The lowest BCUT2D eigenvalue weighted by Crippen LogP contribution is -2.60. The van der Waals surface area contributed by atoms with Gasteiger partial charge in [-0.15, -0.1) is 0 Å². The molecule has 1 N–H and O–H groups in total. The molecule has 1 saturated heterocycles. The zero-order chi connectivity index (χ0) is 11.8. The van der Waals surface area contributed by atoms with Crippen LogP contribution in [0.25, 0.3) is 0 Å². The van der Waals surface area contributed by atoms with Crippen molar-refractivity contribution in [3.05, 3.63) is 29.3 Å². The van der Waals surface area contributed by atoms with Crippen LogP contribution in [0.2, 0.25) is 5.02 Å². The molecule has 3 nitrogen and oxygen atoms in total. The second kappa shape index (κ2) is 3.98. The summed E-state index contributed by atoms with van der Waals surface area (Å²) in [6.45, 7) is 5.24. The largest absolute Gasteiger partial charge is 0.355 e. The number of anilines is 1. The van der Waals surface area contributed by atoms with E-state index in [1.165, 1.54) is 0 Å². The van der Waals surface area contributed by atoms with Crippen LogP contribution in [0, 0.1) is 0 Å². The van der Waals surface area contributed by atoms with Crippen molar-refractivity contribution >= 4 is 23.2 Å². The molecule has 1 fully saturated rings. The molecule has 1 aromatic carbocycles. The highest BCUT2D eigenvalue weighted by Crippen LogP contribution is 2.27. The minimum absolute atomic E-state index is 0.0549. The Hall–Kier alpha value is -1.22. The number of amides is 1. The third-order valence-electron chi connectivity index (χ3n) is 2.87. The highest BCUT2D eigenvalue weighted by molar-refractivity contribution is 6.30. The van der Waals surface area contributed by atoms with Crippen molar-refractivity contribution in [2.75, 3.05) is 18.0 Å². The topological polar surface area (TPSA) is 32.3 Å². The number of piperazine rings is 1. The Morgan fingerprint density at radius 3 is 2.88 bits per heavy atom. The highest BCUT2D eigenvalue weighted by atomic mass is 35.5. The predicted molar refractivity (Wildman–Crippen MR) is 65.9 cm³/mol. The van der Waals surface area contributed by atoms with E-state index in [4.69, 9.17) is 11.6 Å². The maximum absolute atomic E-state index is 11.4. The summed E-state index contributed by atoms with van der Waals surface area (Å²) in [5, 5.41) is 3.57. The Morgan fingerprint density at radius 2 is 2.19 bits per heavy atom. The third-order valence-corrected chi connectivity index (χ3v) is 3.11. The Morgan fingerprint density at radius 1 is 1.44 bits per heavy atom. The van der Waals surface area contributed by atoms with Crippen molar-refractivity contribution < 1.29 is 4.79 Å². The van der Waals surface area contributed by atoms with Gasteiger partial charge in [0.1, 0.15) is 0 Å². The Labute approximate surface area is 100 Å². The molecule has 4 heteroatoms. The molecule has 86 valence electrons. The number of rotatable bonds is 1. The van der Waals surface area contributed by atoms with Gasteiger partial charge in [-0.3, -0.25) is 4.79 Å². The first-order chi connectivity index (χ1) is 7.49. The van der Waals surface area contributed by atoms with Gasteiger partial charge in [-0.25, -0.2) is 0 Å².